The zero-order valence-corrected chi connectivity index (χ0v) is 6.97. The summed E-state index contributed by atoms with van der Waals surface area (Å²) in [7, 11) is 0. The third kappa shape index (κ3) is 4.77. The van der Waals surface area contributed by atoms with Crippen LogP contribution in [0, 0.1) is 0 Å². The average Bonchev–Trinajstić information content (AvgIpc) is 1.99. The van der Waals surface area contributed by atoms with Gasteiger partial charge in [0.1, 0.15) is 0 Å². The summed E-state index contributed by atoms with van der Waals surface area (Å²) in [5.41, 5.74) is 0. The van der Waals surface area contributed by atoms with Gasteiger partial charge in [0, 0.05) is 6.61 Å². The molecule has 0 radical (unpaired) electrons. The molecule has 0 aliphatic heterocycles. The van der Waals surface area contributed by atoms with Crippen molar-refractivity contribution >= 4 is 0 Å². The Labute approximate surface area is 63.2 Å². The van der Waals surface area contributed by atoms with E-state index in [0.717, 1.165) is 25.9 Å². The quantitative estimate of drug-likeness (QED) is 0.576. The van der Waals surface area contributed by atoms with Crippen molar-refractivity contribution in [2.75, 3.05) is 13.2 Å². The summed E-state index contributed by atoms with van der Waals surface area (Å²) in [5.74, 6) is 0. The largest absolute Gasteiger partial charge is 0.394 e. The van der Waals surface area contributed by atoms with Crippen LogP contribution in [0.5, 0.6) is 0 Å². The predicted molar refractivity (Wildman–Crippen MR) is 42.0 cm³/mol. The molecule has 10 heavy (non-hydrogen) atoms. The molecule has 0 aromatic rings. The lowest BCUT2D eigenvalue weighted by Crippen LogP contribution is -2.16. The summed E-state index contributed by atoms with van der Waals surface area (Å²) in [6, 6.07) is 0. The molecule has 2 nitrogen and oxygen atoms in total. The lowest BCUT2D eigenvalue weighted by molar-refractivity contribution is 0.00984. The second-order valence-electron chi connectivity index (χ2n) is 2.44. The fourth-order valence-electron chi connectivity index (χ4n) is 0.694. The fraction of sp³-hybridized carbons (Fsp3) is 1.00. The summed E-state index contributed by atoms with van der Waals surface area (Å²) in [6.07, 6.45) is 3.21. The van der Waals surface area contributed by atoms with Crippen LogP contribution in [0.15, 0.2) is 0 Å². The van der Waals surface area contributed by atoms with E-state index in [2.05, 4.69) is 6.92 Å². The second-order valence-corrected chi connectivity index (χ2v) is 2.44. The zero-order valence-electron chi connectivity index (χ0n) is 6.97. The highest BCUT2D eigenvalue weighted by molar-refractivity contribution is 4.50. The van der Waals surface area contributed by atoms with E-state index in [9.17, 15) is 0 Å². The Morgan fingerprint density at radius 2 is 2.10 bits per heavy atom. The first kappa shape index (κ1) is 9.92. The third-order valence-corrected chi connectivity index (χ3v) is 1.51. The molecule has 0 aliphatic carbocycles. The number of hydrogen-bond donors (Lipinski definition) is 1. The van der Waals surface area contributed by atoms with Crippen molar-refractivity contribution in [3.63, 3.8) is 0 Å². The smallest absolute Gasteiger partial charge is 0.0803 e. The van der Waals surface area contributed by atoms with Gasteiger partial charge in [-0.05, 0) is 12.8 Å². The molecule has 0 bridgehead atoms. The Morgan fingerprint density at radius 3 is 2.50 bits per heavy atom. The van der Waals surface area contributed by atoms with Crippen molar-refractivity contribution in [2.24, 2.45) is 0 Å². The average molecular weight is 146 g/mol. The Balaban J connectivity index is 3.09. The minimum Gasteiger partial charge on any atom is -0.394 e. The molecular formula is C8H18O2. The maximum Gasteiger partial charge on any atom is 0.0803 e. The molecule has 0 heterocycles. The highest BCUT2D eigenvalue weighted by Crippen LogP contribution is 1.98. The molecular weight excluding hydrogens is 128 g/mol. The molecule has 2 heteroatoms. The van der Waals surface area contributed by atoms with Gasteiger partial charge in [0.2, 0.25) is 0 Å². The summed E-state index contributed by atoms with van der Waals surface area (Å²) in [5, 5.41) is 8.70. The minimum absolute atomic E-state index is 0.0616. The van der Waals surface area contributed by atoms with Gasteiger partial charge in [-0.1, -0.05) is 20.3 Å². The molecule has 1 atom stereocenters. The highest BCUT2D eigenvalue weighted by Gasteiger charge is 2.01. The van der Waals surface area contributed by atoms with Crippen LogP contribution < -0.4 is 0 Å². The van der Waals surface area contributed by atoms with Crippen LogP contribution in [0.1, 0.15) is 33.1 Å². The Bertz CT molecular complexity index is 60.3. The molecule has 0 amide bonds. The first-order valence-corrected chi connectivity index (χ1v) is 4.07. The number of hydrogen-bond acceptors (Lipinski definition) is 2. The van der Waals surface area contributed by atoms with Crippen molar-refractivity contribution < 1.29 is 9.84 Å². The van der Waals surface area contributed by atoms with Crippen LogP contribution in [0.4, 0.5) is 0 Å². The molecule has 0 spiro atoms. The lowest BCUT2D eigenvalue weighted by atomic mass is 10.3. The predicted octanol–water partition coefficient (Wildman–Crippen LogP) is 1.57. The van der Waals surface area contributed by atoms with Crippen molar-refractivity contribution in [1.29, 1.82) is 0 Å². The van der Waals surface area contributed by atoms with E-state index in [0.29, 0.717) is 0 Å². The number of ether oxygens (including phenoxy) is 1. The van der Waals surface area contributed by atoms with E-state index in [4.69, 9.17) is 9.84 Å². The maximum atomic E-state index is 8.70. The van der Waals surface area contributed by atoms with Gasteiger partial charge < -0.3 is 9.84 Å². The second kappa shape index (κ2) is 7.03. The molecule has 1 N–H and O–H groups in total. The summed E-state index contributed by atoms with van der Waals surface area (Å²) >= 11 is 0. The van der Waals surface area contributed by atoms with Crippen LogP contribution in [0.2, 0.25) is 0 Å². The molecule has 62 valence electrons. The maximum absolute atomic E-state index is 8.70. The van der Waals surface area contributed by atoms with Crippen molar-refractivity contribution in [1.82, 2.24) is 0 Å². The molecule has 0 fully saturated rings. The van der Waals surface area contributed by atoms with Gasteiger partial charge in [0.05, 0.1) is 12.7 Å². The summed E-state index contributed by atoms with van der Waals surface area (Å²) < 4.78 is 5.33. The van der Waals surface area contributed by atoms with E-state index in [1.165, 1.54) is 0 Å². The van der Waals surface area contributed by atoms with Crippen molar-refractivity contribution in [3.8, 4) is 0 Å². The standard InChI is InChI=1S/C8H18O2/c1-3-5-6-10-8(4-2)7-9/h8-9H,3-7H2,1-2H3. The fourth-order valence-corrected chi connectivity index (χ4v) is 0.694. The van der Waals surface area contributed by atoms with Crippen LogP contribution in [0.25, 0.3) is 0 Å². The van der Waals surface area contributed by atoms with Gasteiger partial charge in [-0.15, -0.1) is 0 Å². The number of aliphatic hydroxyl groups is 1. The lowest BCUT2D eigenvalue weighted by Gasteiger charge is -2.11. The molecule has 1 unspecified atom stereocenters. The zero-order chi connectivity index (χ0) is 7.82. The van der Waals surface area contributed by atoms with Crippen molar-refractivity contribution in [3.05, 3.63) is 0 Å². The first-order chi connectivity index (χ1) is 4.85. The van der Waals surface area contributed by atoms with Gasteiger partial charge in [0.15, 0.2) is 0 Å². The molecule has 0 aromatic carbocycles. The van der Waals surface area contributed by atoms with Crippen molar-refractivity contribution in [2.45, 2.75) is 39.2 Å². The SMILES string of the molecule is CCCCOC(CC)CO. The number of aliphatic hydroxyl groups excluding tert-OH is 1. The van der Waals surface area contributed by atoms with Gasteiger partial charge >= 0.3 is 0 Å². The van der Waals surface area contributed by atoms with E-state index >= 15 is 0 Å². The van der Waals surface area contributed by atoms with Crippen LogP contribution in [0.3, 0.4) is 0 Å². The number of unbranched alkanes of at least 4 members (excludes halogenated alkanes) is 1. The molecule has 0 saturated carbocycles. The van der Waals surface area contributed by atoms with Crippen LogP contribution in [-0.2, 0) is 4.74 Å². The van der Waals surface area contributed by atoms with Gasteiger partial charge in [-0.3, -0.25) is 0 Å². The monoisotopic (exact) mass is 146 g/mol. The molecule has 0 aromatic heterocycles. The molecule has 0 rings (SSSR count). The first-order valence-electron chi connectivity index (χ1n) is 4.07. The van der Waals surface area contributed by atoms with Gasteiger partial charge in [0.25, 0.3) is 0 Å². The molecule has 0 aliphatic rings. The van der Waals surface area contributed by atoms with E-state index in [1.807, 2.05) is 6.92 Å². The Hall–Kier alpha value is -0.0800. The minimum atomic E-state index is 0.0616. The highest BCUT2D eigenvalue weighted by atomic mass is 16.5. The van der Waals surface area contributed by atoms with E-state index < -0.39 is 0 Å². The van der Waals surface area contributed by atoms with Gasteiger partial charge in [-0.2, -0.15) is 0 Å². The summed E-state index contributed by atoms with van der Waals surface area (Å²) in [6.45, 7) is 5.09. The van der Waals surface area contributed by atoms with E-state index in [1.54, 1.807) is 0 Å². The molecule has 0 saturated heterocycles. The van der Waals surface area contributed by atoms with Crippen LogP contribution in [-0.4, -0.2) is 24.4 Å². The normalized spacial score (nSPS) is 13.5. The Morgan fingerprint density at radius 1 is 1.40 bits per heavy atom. The topological polar surface area (TPSA) is 29.5 Å². The number of rotatable bonds is 6. The third-order valence-electron chi connectivity index (χ3n) is 1.51. The summed E-state index contributed by atoms with van der Waals surface area (Å²) in [4.78, 5) is 0. The van der Waals surface area contributed by atoms with Crippen LogP contribution >= 0.6 is 0 Å². The Kier molecular flexibility index (Phi) is 6.98. The van der Waals surface area contributed by atoms with E-state index in [-0.39, 0.29) is 12.7 Å². The van der Waals surface area contributed by atoms with Gasteiger partial charge in [-0.25, -0.2) is 0 Å².